The molecule has 4 nitrogen and oxygen atoms in total. The number of hydrogen-bond donors (Lipinski definition) is 1. The summed E-state index contributed by atoms with van der Waals surface area (Å²) in [5.74, 6) is 0.720. The van der Waals surface area contributed by atoms with Gasteiger partial charge in [0, 0.05) is 4.88 Å². The van der Waals surface area contributed by atoms with Crippen LogP contribution >= 0.6 is 11.3 Å². The monoisotopic (exact) mass is 265 g/mol. The summed E-state index contributed by atoms with van der Waals surface area (Å²) in [6.07, 6.45) is 2.42. The van der Waals surface area contributed by atoms with Crippen LogP contribution in [0.2, 0.25) is 0 Å². The third-order valence-corrected chi connectivity index (χ3v) is 4.42. The van der Waals surface area contributed by atoms with Gasteiger partial charge < -0.3 is 10.1 Å². The maximum atomic E-state index is 5.68. The molecule has 0 saturated carbocycles. The number of aryl methyl sites for hydroxylation is 1. The third kappa shape index (κ3) is 2.17. The van der Waals surface area contributed by atoms with Gasteiger partial charge >= 0.3 is 0 Å². The second-order valence-corrected chi connectivity index (χ2v) is 6.86. The molecule has 0 radical (unpaired) electrons. The van der Waals surface area contributed by atoms with Crippen molar-refractivity contribution < 1.29 is 4.74 Å². The van der Waals surface area contributed by atoms with E-state index in [9.17, 15) is 0 Å². The highest BCUT2D eigenvalue weighted by Gasteiger charge is 2.30. The minimum Gasteiger partial charge on any atom is -0.474 e. The molecular weight excluding hydrogens is 246 g/mol. The van der Waals surface area contributed by atoms with Gasteiger partial charge in [0.1, 0.15) is 17.3 Å². The second kappa shape index (κ2) is 4.31. The summed E-state index contributed by atoms with van der Waals surface area (Å²) in [5.41, 5.74) is 0.825. The van der Waals surface area contributed by atoms with Crippen molar-refractivity contribution in [2.24, 2.45) is 4.99 Å². The fraction of sp³-hybridized carbons (Fsp3) is 0.692. The first-order valence-corrected chi connectivity index (χ1v) is 7.30. The highest BCUT2D eigenvalue weighted by atomic mass is 32.1. The van der Waals surface area contributed by atoms with E-state index in [1.165, 1.54) is 22.7 Å². The molecule has 18 heavy (non-hydrogen) atoms. The molecular formula is C13H19N3OS. The van der Waals surface area contributed by atoms with Crippen LogP contribution in [0.15, 0.2) is 4.99 Å². The van der Waals surface area contributed by atoms with E-state index < -0.39 is 0 Å². The fourth-order valence-electron chi connectivity index (χ4n) is 2.37. The zero-order valence-electron chi connectivity index (χ0n) is 11.1. The largest absolute Gasteiger partial charge is 0.474 e. The smallest absolute Gasteiger partial charge is 0.237 e. The first kappa shape index (κ1) is 12.1. The van der Waals surface area contributed by atoms with Crippen LogP contribution in [0.5, 0.6) is 0 Å². The number of rotatable bonds is 2. The summed E-state index contributed by atoms with van der Waals surface area (Å²) in [5, 5.41) is 4.66. The molecule has 1 N–H and O–H groups in total. The van der Waals surface area contributed by atoms with E-state index in [2.05, 4.69) is 31.1 Å². The molecule has 1 fully saturated rings. The van der Waals surface area contributed by atoms with Gasteiger partial charge in [-0.05, 0) is 40.2 Å². The molecule has 2 aliphatic rings. The van der Waals surface area contributed by atoms with Crippen LogP contribution in [0.1, 0.15) is 48.3 Å². The maximum absolute atomic E-state index is 5.68. The van der Waals surface area contributed by atoms with E-state index in [1.54, 1.807) is 11.3 Å². The number of ether oxygens (including phenoxy) is 1. The third-order valence-electron chi connectivity index (χ3n) is 3.34. The number of thiazole rings is 1. The van der Waals surface area contributed by atoms with Gasteiger partial charge in [0.25, 0.3) is 0 Å². The number of aliphatic imine (C=N–C) groups is 1. The topological polar surface area (TPSA) is 46.5 Å². The molecule has 0 amide bonds. The fourth-order valence-corrected chi connectivity index (χ4v) is 3.39. The lowest BCUT2D eigenvalue weighted by Gasteiger charge is -2.07. The molecule has 1 saturated heterocycles. The molecule has 0 aliphatic carbocycles. The summed E-state index contributed by atoms with van der Waals surface area (Å²) < 4.78 is 5.68. The normalized spacial score (nSPS) is 26.2. The molecule has 0 unspecified atom stereocenters. The van der Waals surface area contributed by atoms with Crippen molar-refractivity contribution in [2.75, 3.05) is 13.2 Å². The Balaban J connectivity index is 1.89. The van der Waals surface area contributed by atoms with Crippen molar-refractivity contribution in [2.45, 2.75) is 45.2 Å². The minimum absolute atomic E-state index is 0.114. The lowest BCUT2D eigenvalue weighted by Crippen LogP contribution is -2.17. The number of nitrogens with one attached hydrogen (secondary N) is 1. The van der Waals surface area contributed by atoms with Gasteiger partial charge in [0.2, 0.25) is 5.90 Å². The van der Waals surface area contributed by atoms with Crippen LogP contribution < -0.4 is 5.32 Å². The van der Waals surface area contributed by atoms with E-state index >= 15 is 0 Å². The predicted molar refractivity (Wildman–Crippen MR) is 73.4 cm³/mol. The van der Waals surface area contributed by atoms with Gasteiger partial charge in [-0.15, -0.1) is 11.3 Å². The average molecular weight is 265 g/mol. The molecule has 3 rings (SSSR count). The molecule has 98 valence electrons. The second-order valence-electron chi connectivity index (χ2n) is 5.62. The molecule has 2 aliphatic heterocycles. The quantitative estimate of drug-likeness (QED) is 0.893. The van der Waals surface area contributed by atoms with E-state index in [-0.39, 0.29) is 5.54 Å². The van der Waals surface area contributed by atoms with Crippen LogP contribution in [0.4, 0.5) is 0 Å². The number of aromatic nitrogens is 1. The summed E-state index contributed by atoms with van der Waals surface area (Å²) in [7, 11) is 0. The Morgan fingerprint density at radius 3 is 2.89 bits per heavy atom. The molecule has 5 heteroatoms. The van der Waals surface area contributed by atoms with E-state index in [0.717, 1.165) is 18.1 Å². The van der Waals surface area contributed by atoms with Crippen molar-refractivity contribution in [3.05, 3.63) is 15.6 Å². The molecule has 0 spiro atoms. The van der Waals surface area contributed by atoms with E-state index in [0.29, 0.717) is 12.6 Å². The number of nitrogens with zero attached hydrogens (tertiary/aromatic N) is 2. The van der Waals surface area contributed by atoms with Crippen molar-refractivity contribution in [1.29, 1.82) is 0 Å². The molecule has 3 heterocycles. The van der Waals surface area contributed by atoms with Gasteiger partial charge in [-0.25, -0.2) is 9.98 Å². The van der Waals surface area contributed by atoms with Crippen molar-refractivity contribution in [3.63, 3.8) is 0 Å². The highest BCUT2D eigenvalue weighted by Crippen LogP contribution is 2.31. The highest BCUT2D eigenvalue weighted by molar-refractivity contribution is 7.12. The number of hydrogen-bond acceptors (Lipinski definition) is 5. The molecule has 1 aromatic heterocycles. The Morgan fingerprint density at radius 1 is 1.44 bits per heavy atom. The molecule has 1 atom stereocenters. The van der Waals surface area contributed by atoms with Crippen LogP contribution in [0.25, 0.3) is 0 Å². The van der Waals surface area contributed by atoms with Gasteiger partial charge in [-0.2, -0.15) is 0 Å². The Kier molecular flexibility index (Phi) is 2.90. The summed E-state index contributed by atoms with van der Waals surface area (Å²) in [6, 6.07) is 0.428. The van der Waals surface area contributed by atoms with Gasteiger partial charge in [-0.1, -0.05) is 0 Å². The molecule has 1 aromatic rings. The maximum Gasteiger partial charge on any atom is 0.237 e. The summed E-state index contributed by atoms with van der Waals surface area (Å²) in [4.78, 5) is 10.6. The first-order chi connectivity index (χ1) is 8.55. The van der Waals surface area contributed by atoms with Gasteiger partial charge in [-0.3, -0.25) is 0 Å². The summed E-state index contributed by atoms with van der Waals surface area (Å²) >= 11 is 1.76. The standard InChI is InChI=1S/C13H19N3OS/c1-8-10(11-16-13(2,3)7-17-11)15-12(18-8)9-5-4-6-14-9/h9,14H,4-7H2,1-3H3/t9-/m0/s1. The van der Waals surface area contributed by atoms with Crippen LogP contribution in [0, 0.1) is 6.92 Å². The Bertz CT molecular complexity index is 486. The van der Waals surface area contributed by atoms with Crippen molar-refractivity contribution in [1.82, 2.24) is 10.3 Å². The van der Waals surface area contributed by atoms with Gasteiger partial charge in [0.15, 0.2) is 0 Å². The Labute approximate surface area is 111 Å². The van der Waals surface area contributed by atoms with Crippen LogP contribution in [-0.4, -0.2) is 29.6 Å². The zero-order valence-corrected chi connectivity index (χ0v) is 11.9. The SMILES string of the molecule is Cc1sc([C@@H]2CCCN2)nc1C1=NC(C)(C)CO1. The zero-order chi connectivity index (χ0) is 12.8. The summed E-state index contributed by atoms with van der Waals surface area (Å²) in [6.45, 7) is 8.02. The van der Waals surface area contributed by atoms with Crippen LogP contribution in [0.3, 0.4) is 0 Å². The van der Waals surface area contributed by atoms with E-state index in [1.807, 2.05) is 0 Å². The van der Waals surface area contributed by atoms with E-state index in [4.69, 9.17) is 9.72 Å². The minimum atomic E-state index is -0.114. The van der Waals surface area contributed by atoms with Crippen molar-refractivity contribution in [3.8, 4) is 0 Å². The average Bonchev–Trinajstić information content (AvgIpc) is 2.97. The lowest BCUT2D eigenvalue weighted by molar-refractivity contribution is 0.279. The first-order valence-electron chi connectivity index (χ1n) is 6.49. The lowest BCUT2D eigenvalue weighted by atomic mass is 10.1. The Hall–Kier alpha value is -0.940. The predicted octanol–water partition coefficient (Wildman–Crippen LogP) is 2.43. The van der Waals surface area contributed by atoms with Crippen LogP contribution in [-0.2, 0) is 4.74 Å². The Morgan fingerprint density at radius 2 is 2.28 bits per heavy atom. The molecule has 0 aromatic carbocycles. The van der Waals surface area contributed by atoms with Gasteiger partial charge in [0.05, 0.1) is 11.6 Å². The van der Waals surface area contributed by atoms with Crippen molar-refractivity contribution >= 4 is 17.2 Å². The molecule has 0 bridgehead atoms.